The third-order valence-corrected chi connectivity index (χ3v) is 4.13. The smallest absolute Gasteiger partial charge is 0.0582 e. The summed E-state index contributed by atoms with van der Waals surface area (Å²) in [5.74, 6) is 0. The van der Waals surface area contributed by atoms with Crippen LogP contribution in [0.4, 0.5) is 0 Å². The highest BCUT2D eigenvalue weighted by Crippen LogP contribution is 2.08. The number of thiocarbonyl (C=S) groups is 1. The summed E-state index contributed by atoms with van der Waals surface area (Å²) in [6.45, 7) is 2.16. The molecule has 1 N–H and O–H groups in total. The van der Waals surface area contributed by atoms with Gasteiger partial charge in [-0.05, 0) is 56.7 Å². The number of aliphatic hydroxyl groups is 1. The van der Waals surface area contributed by atoms with Crippen molar-refractivity contribution in [2.75, 3.05) is 0 Å². The van der Waals surface area contributed by atoms with Crippen LogP contribution in [-0.4, -0.2) is 16.6 Å². The second kappa shape index (κ2) is 21.8. The van der Waals surface area contributed by atoms with Crippen molar-refractivity contribution < 1.29 is 5.11 Å². The molecular formula is C24H38OS. The minimum Gasteiger partial charge on any atom is -0.393 e. The van der Waals surface area contributed by atoms with Crippen LogP contribution < -0.4 is 0 Å². The summed E-state index contributed by atoms with van der Waals surface area (Å²) >= 11 is 4.75. The van der Waals surface area contributed by atoms with Crippen LogP contribution in [0.3, 0.4) is 0 Å². The molecule has 0 aliphatic rings. The van der Waals surface area contributed by atoms with Crippen molar-refractivity contribution in [2.45, 2.75) is 83.7 Å². The molecule has 0 heterocycles. The Morgan fingerprint density at radius 2 is 1.19 bits per heavy atom. The molecule has 0 aromatic carbocycles. The van der Waals surface area contributed by atoms with Gasteiger partial charge in [0, 0.05) is 6.42 Å². The Balaban J connectivity index is 3.43. The molecule has 0 saturated heterocycles. The summed E-state index contributed by atoms with van der Waals surface area (Å²) in [6, 6.07) is 0. The molecule has 0 aromatic heterocycles. The van der Waals surface area contributed by atoms with Gasteiger partial charge < -0.3 is 5.11 Å². The van der Waals surface area contributed by atoms with Crippen molar-refractivity contribution in [1.29, 1.82) is 0 Å². The highest BCUT2D eigenvalue weighted by atomic mass is 32.1. The van der Waals surface area contributed by atoms with Crippen molar-refractivity contribution in [3.05, 3.63) is 60.8 Å². The molecule has 1 atom stereocenters. The fourth-order valence-electron chi connectivity index (χ4n) is 2.42. The van der Waals surface area contributed by atoms with Crippen molar-refractivity contribution in [3.63, 3.8) is 0 Å². The van der Waals surface area contributed by atoms with Gasteiger partial charge in [0.25, 0.3) is 0 Å². The minimum absolute atomic E-state index is 0.235. The average Bonchev–Trinajstić information content (AvgIpc) is 2.64. The number of rotatable bonds is 17. The highest BCUT2D eigenvalue weighted by molar-refractivity contribution is 7.78. The van der Waals surface area contributed by atoms with Crippen LogP contribution in [0, 0.1) is 0 Å². The van der Waals surface area contributed by atoms with Gasteiger partial charge in [0.1, 0.15) is 0 Å². The van der Waals surface area contributed by atoms with E-state index in [-0.39, 0.29) is 6.10 Å². The molecule has 1 unspecified atom stereocenters. The number of allylic oxidation sites excluding steroid dienone is 10. The Hall–Kier alpha value is -1.25. The van der Waals surface area contributed by atoms with Crippen LogP contribution in [0.1, 0.15) is 77.6 Å². The van der Waals surface area contributed by atoms with Gasteiger partial charge in [-0.3, -0.25) is 0 Å². The largest absolute Gasteiger partial charge is 0.393 e. The first-order valence-electron chi connectivity index (χ1n) is 10.2. The Bertz CT molecular complexity index is 443. The van der Waals surface area contributed by atoms with Gasteiger partial charge in [-0.2, -0.15) is 0 Å². The van der Waals surface area contributed by atoms with Gasteiger partial charge in [-0.1, -0.05) is 92.7 Å². The average molecular weight is 375 g/mol. The van der Waals surface area contributed by atoms with E-state index in [1.54, 1.807) is 5.37 Å². The second-order valence-corrected chi connectivity index (χ2v) is 6.74. The molecule has 0 aliphatic carbocycles. The summed E-state index contributed by atoms with van der Waals surface area (Å²) in [5.41, 5.74) is 0. The lowest BCUT2D eigenvalue weighted by molar-refractivity contribution is 0.170. The van der Waals surface area contributed by atoms with Gasteiger partial charge in [-0.15, -0.1) is 0 Å². The number of aliphatic hydroxyl groups excluding tert-OH is 1. The van der Waals surface area contributed by atoms with Gasteiger partial charge in [0.05, 0.1) is 6.10 Å². The molecule has 0 amide bonds. The standard InChI is InChI=1S/C24H38OS/c1-2-3-4-5-6-7-8-9-10-11-12-13-14-15-16-17-18-19-20-21-24(25)22-23-26/h3-4,6-7,9-10,12-13,15-16,23-25H,2,5,8,11,14,17-22H2,1H3/b4-3-,7-6-,10-9-,13-12-,16-15-. The molecule has 0 radical (unpaired) electrons. The summed E-state index contributed by atoms with van der Waals surface area (Å²) in [6.07, 6.45) is 33.4. The monoisotopic (exact) mass is 374 g/mol. The SMILES string of the molecule is CC/C=C\C/C=C\C/C=C\C/C=C\C/C=C\CCCCCC(O)CC=S. The first-order chi connectivity index (χ1) is 12.8. The Kier molecular flexibility index (Phi) is 20.7. The third-order valence-electron chi connectivity index (χ3n) is 3.93. The van der Waals surface area contributed by atoms with E-state index < -0.39 is 0 Å². The van der Waals surface area contributed by atoms with Gasteiger partial charge in [0.15, 0.2) is 0 Å². The summed E-state index contributed by atoms with van der Waals surface area (Å²) < 4.78 is 0. The predicted octanol–water partition coefficient (Wildman–Crippen LogP) is 7.44. The number of hydrogen-bond donors (Lipinski definition) is 1. The fraction of sp³-hybridized carbons (Fsp3) is 0.542. The molecular weight excluding hydrogens is 336 g/mol. The van der Waals surface area contributed by atoms with E-state index in [0.29, 0.717) is 6.42 Å². The molecule has 0 bridgehead atoms. The zero-order valence-corrected chi connectivity index (χ0v) is 17.4. The number of unbranched alkanes of at least 4 members (excludes halogenated alkanes) is 3. The summed E-state index contributed by atoms with van der Waals surface area (Å²) in [4.78, 5) is 0. The lowest BCUT2D eigenvalue weighted by Crippen LogP contribution is -2.05. The maximum Gasteiger partial charge on any atom is 0.0582 e. The van der Waals surface area contributed by atoms with Crippen molar-refractivity contribution >= 4 is 17.6 Å². The minimum atomic E-state index is -0.235. The zero-order chi connectivity index (χ0) is 19.1. The van der Waals surface area contributed by atoms with E-state index in [1.165, 1.54) is 12.8 Å². The van der Waals surface area contributed by atoms with E-state index in [9.17, 15) is 5.11 Å². The van der Waals surface area contributed by atoms with E-state index in [1.807, 2.05) is 0 Å². The molecule has 0 aromatic rings. The van der Waals surface area contributed by atoms with Crippen LogP contribution >= 0.6 is 12.2 Å². The molecule has 0 aliphatic heterocycles. The van der Waals surface area contributed by atoms with E-state index >= 15 is 0 Å². The molecule has 2 heteroatoms. The van der Waals surface area contributed by atoms with Crippen molar-refractivity contribution in [2.24, 2.45) is 0 Å². The Labute approximate surface area is 167 Å². The predicted molar refractivity (Wildman–Crippen MR) is 122 cm³/mol. The molecule has 1 nitrogen and oxygen atoms in total. The van der Waals surface area contributed by atoms with E-state index in [4.69, 9.17) is 12.2 Å². The fourth-order valence-corrected chi connectivity index (χ4v) is 2.64. The summed E-state index contributed by atoms with van der Waals surface area (Å²) in [7, 11) is 0. The maximum absolute atomic E-state index is 9.56. The first kappa shape index (κ1) is 24.8. The lowest BCUT2D eigenvalue weighted by Gasteiger charge is -2.05. The van der Waals surface area contributed by atoms with Crippen LogP contribution in [0.15, 0.2) is 60.8 Å². The Morgan fingerprint density at radius 3 is 1.69 bits per heavy atom. The Morgan fingerprint density at radius 1 is 0.692 bits per heavy atom. The maximum atomic E-state index is 9.56. The topological polar surface area (TPSA) is 20.2 Å². The summed E-state index contributed by atoms with van der Waals surface area (Å²) in [5, 5.41) is 11.2. The lowest BCUT2D eigenvalue weighted by atomic mass is 10.1. The highest BCUT2D eigenvalue weighted by Gasteiger charge is 2.00. The van der Waals surface area contributed by atoms with E-state index in [0.717, 1.165) is 51.4 Å². The zero-order valence-electron chi connectivity index (χ0n) is 16.6. The molecule has 26 heavy (non-hydrogen) atoms. The van der Waals surface area contributed by atoms with Crippen LogP contribution in [0.25, 0.3) is 0 Å². The number of hydrogen-bond acceptors (Lipinski definition) is 2. The molecule has 146 valence electrons. The quantitative estimate of drug-likeness (QED) is 0.162. The van der Waals surface area contributed by atoms with Gasteiger partial charge >= 0.3 is 0 Å². The van der Waals surface area contributed by atoms with Crippen molar-refractivity contribution in [1.82, 2.24) is 0 Å². The third kappa shape index (κ3) is 20.8. The van der Waals surface area contributed by atoms with Gasteiger partial charge in [0.2, 0.25) is 0 Å². The normalized spacial score (nSPS) is 13.9. The van der Waals surface area contributed by atoms with Crippen LogP contribution in [0.2, 0.25) is 0 Å². The van der Waals surface area contributed by atoms with Gasteiger partial charge in [-0.25, -0.2) is 0 Å². The van der Waals surface area contributed by atoms with Crippen LogP contribution in [0.5, 0.6) is 0 Å². The van der Waals surface area contributed by atoms with Crippen molar-refractivity contribution in [3.8, 4) is 0 Å². The second-order valence-electron chi connectivity index (χ2n) is 6.40. The molecule has 0 fully saturated rings. The first-order valence-corrected chi connectivity index (χ1v) is 10.6. The van der Waals surface area contributed by atoms with Crippen LogP contribution in [-0.2, 0) is 0 Å². The van der Waals surface area contributed by atoms with E-state index in [2.05, 4.69) is 67.7 Å². The molecule has 0 rings (SSSR count). The molecule has 0 spiro atoms. The molecule has 0 saturated carbocycles.